The van der Waals surface area contributed by atoms with E-state index in [1.165, 1.54) is 44.2 Å². The third-order valence-corrected chi connectivity index (χ3v) is 5.39. The van der Waals surface area contributed by atoms with Crippen LogP contribution in [0.5, 0.6) is 0 Å². The molecule has 0 unspecified atom stereocenters. The van der Waals surface area contributed by atoms with Gasteiger partial charge in [-0.3, -0.25) is 0 Å². The van der Waals surface area contributed by atoms with Gasteiger partial charge in [-0.2, -0.15) is 0 Å². The van der Waals surface area contributed by atoms with E-state index in [0.29, 0.717) is 12.1 Å². The van der Waals surface area contributed by atoms with Crippen molar-refractivity contribution >= 4 is 30.9 Å². The van der Waals surface area contributed by atoms with E-state index in [0.717, 1.165) is 18.3 Å². The molecule has 0 amide bonds. The summed E-state index contributed by atoms with van der Waals surface area (Å²) in [7, 11) is 0. The predicted octanol–water partition coefficient (Wildman–Crippen LogP) is 4.82. The lowest BCUT2D eigenvalue weighted by molar-refractivity contribution is 0.313. The Morgan fingerprint density at radius 3 is 2.42 bits per heavy atom. The van der Waals surface area contributed by atoms with E-state index in [9.17, 15) is 0 Å². The lowest BCUT2D eigenvalue weighted by Crippen LogP contribution is -2.32. The molecule has 0 radical (unpaired) electrons. The summed E-state index contributed by atoms with van der Waals surface area (Å²) in [5, 5.41) is 3.81. The predicted molar refractivity (Wildman–Crippen MR) is 109 cm³/mol. The zero-order chi connectivity index (χ0) is 15.4. The highest BCUT2D eigenvalue weighted by atomic mass is 35.5. The van der Waals surface area contributed by atoms with Crippen LogP contribution in [-0.2, 0) is 0 Å². The molecule has 0 saturated heterocycles. The molecular formula is C20H32Cl2N2. The second-order valence-electron chi connectivity index (χ2n) is 7.12. The minimum Gasteiger partial charge on any atom is -0.328 e. The van der Waals surface area contributed by atoms with Gasteiger partial charge in [0.2, 0.25) is 0 Å². The van der Waals surface area contributed by atoms with Gasteiger partial charge in [-0.25, -0.2) is 0 Å². The summed E-state index contributed by atoms with van der Waals surface area (Å²) in [5.74, 6) is 1.61. The molecule has 136 valence electrons. The quantitative estimate of drug-likeness (QED) is 0.752. The molecule has 0 aromatic heterocycles. The van der Waals surface area contributed by atoms with Gasteiger partial charge in [-0.05, 0) is 62.5 Å². The fourth-order valence-corrected chi connectivity index (χ4v) is 3.78. The zero-order valence-corrected chi connectivity index (χ0v) is 16.3. The molecule has 4 heteroatoms. The molecule has 2 atom stereocenters. The average molecular weight is 371 g/mol. The Labute approximate surface area is 159 Å². The van der Waals surface area contributed by atoms with Gasteiger partial charge in [0.15, 0.2) is 0 Å². The Bertz CT molecular complexity index is 496. The lowest BCUT2D eigenvalue weighted by atomic mass is 9.86. The van der Waals surface area contributed by atoms with Crippen LogP contribution in [0.2, 0.25) is 0 Å². The summed E-state index contributed by atoms with van der Waals surface area (Å²) < 4.78 is 0. The van der Waals surface area contributed by atoms with Crippen molar-refractivity contribution in [2.24, 2.45) is 17.6 Å². The second kappa shape index (κ2) is 10.5. The smallest absolute Gasteiger partial charge is 0.0140 e. The zero-order valence-electron chi connectivity index (χ0n) is 14.6. The van der Waals surface area contributed by atoms with E-state index in [4.69, 9.17) is 5.73 Å². The van der Waals surface area contributed by atoms with Crippen LogP contribution in [0.4, 0.5) is 0 Å². The first kappa shape index (κ1) is 21.5. The van der Waals surface area contributed by atoms with Crippen molar-refractivity contribution < 1.29 is 0 Å². The number of hydrogen-bond donors (Lipinski definition) is 2. The molecule has 2 fully saturated rings. The van der Waals surface area contributed by atoms with Gasteiger partial charge >= 0.3 is 0 Å². The van der Waals surface area contributed by atoms with Crippen molar-refractivity contribution in [1.82, 2.24) is 5.32 Å². The highest BCUT2D eigenvalue weighted by Crippen LogP contribution is 2.40. The van der Waals surface area contributed by atoms with Crippen molar-refractivity contribution in [2.75, 3.05) is 6.54 Å². The van der Waals surface area contributed by atoms with E-state index >= 15 is 0 Å². The molecule has 2 saturated carbocycles. The van der Waals surface area contributed by atoms with Gasteiger partial charge < -0.3 is 11.1 Å². The van der Waals surface area contributed by atoms with Gasteiger partial charge in [-0.15, -0.1) is 24.8 Å². The number of halogens is 2. The van der Waals surface area contributed by atoms with Crippen molar-refractivity contribution in [3.05, 3.63) is 41.5 Å². The molecule has 2 nitrogen and oxygen atoms in total. The SMILES string of the molecule is CCC(=Cc1ccccc1)[C@@H]1C[C@H]1NCC1CCC(N)CC1.Cl.Cl. The first-order valence-electron chi connectivity index (χ1n) is 9.00. The van der Waals surface area contributed by atoms with Crippen LogP contribution >= 0.6 is 24.8 Å². The van der Waals surface area contributed by atoms with Crippen molar-refractivity contribution in [2.45, 2.75) is 57.5 Å². The summed E-state index contributed by atoms with van der Waals surface area (Å²) in [5.41, 5.74) is 8.94. The number of hydrogen-bond acceptors (Lipinski definition) is 2. The lowest BCUT2D eigenvalue weighted by Gasteiger charge is -2.26. The second-order valence-corrected chi connectivity index (χ2v) is 7.12. The first-order valence-corrected chi connectivity index (χ1v) is 9.00. The van der Waals surface area contributed by atoms with E-state index in [-0.39, 0.29) is 24.8 Å². The van der Waals surface area contributed by atoms with Gasteiger partial charge in [-0.1, -0.05) is 48.9 Å². The van der Waals surface area contributed by atoms with Crippen LogP contribution in [0.3, 0.4) is 0 Å². The minimum absolute atomic E-state index is 0. The molecule has 0 heterocycles. The number of benzene rings is 1. The van der Waals surface area contributed by atoms with E-state index < -0.39 is 0 Å². The maximum Gasteiger partial charge on any atom is 0.0140 e. The number of nitrogens with one attached hydrogen (secondary N) is 1. The summed E-state index contributed by atoms with van der Waals surface area (Å²) in [6, 6.07) is 11.9. The molecule has 2 aliphatic carbocycles. The Balaban J connectivity index is 0.00000144. The molecular weight excluding hydrogens is 339 g/mol. The van der Waals surface area contributed by atoms with Gasteiger partial charge in [0.1, 0.15) is 0 Å². The normalized spacial score (nSPS) is 29.3. The van der Waals surface area contributed by atoms with E-state index in [2.05, 4.69) is 48.6 Å². The standard InChI is InChI=1S/C20H30N2.2ClH/c1-2-17(12-15-6-4-3-5-7-15)19-13-20(19)22-14-16-8-10-18(21)11-9-16;;/h3-7,12,16,18-20,22H,2,8-11,13-14,21H2,1H3;2*1H/t16?,18?,19-,20+;;/m0../s1. The van der Waals surface area contributed by atoms with Crippen LogP contribution in [0, 0.1) is 11.8 Å². The molecule has 3 rings (SSSR count). The fraction of sp³-hybridized carbons (Fsp3) is 0.600. The Morgan fingerprint density at radius 2 is 1.79 bits per heavy atom. The maximum atomic E-state index is 5.99. The number of nitrogens with two attached hydrogens (primary N) is 1. The van der Waals surface area contributed by atoms with Crippen LogP contribution in [0.15, 0.2) is 35.9 Å². The highest BCUT2D eigenvalue weighted by molar-refractivity contribution is 5.85. The Hall–Kier alpha value is -0.540. The monoisotopic (exact) mass is 370 g/mol. The summed E-state index contributed by atoms with van der Waals surface area (Å²) in [6.45, 7) is 3.48. The molecule has 24 heavy (non-hydrogen) atoms. The summed E-state index contributed by atoms with van der Waals surface area (Å²) >= 11 is 0. The minimum atomic E-state index is 0. The van der Waals surface area contributed by atoms with Gasteiger partial charge in [0, 0.05) is 12.1 Å². The molecule has 3 N–H and O–H groups in total. The van der Waals surface area contributed by atoms with E-state index in [1.807, 2.05) is 0 Å². The van der Waals surface area contributed by atoms with Gasteiger partial charge in [0.25, 0.3) is 0 Å². The van der Waals surface area contributed by atoms with Gasteiger partial charge in [0.05, 0.1) is 0 Å². The molecule has 0 bridgehead atoms. The Morgan fingerprint density at radius 1 is 1.12 bits per heavy atom. The molecule has 1 aromatic carbocycles. The topological polar surface area (TPSA) is 38.0 Å². The maximum absolute atomic E-state index is 5.99. The molecule has 2 aliphatic rings. The average Bonchev–Trinajstić information content (AvgIpc) is 3.32. The van der Waals surface area contributed by atoms with Crippen molar-refractivity contribution in [1.29, 1.82) is 0 Å². The summed E-state index contributed by atoms with van der Waals surface area (Å²) in [6.07, 6.45) is 9.93. The van der Waals surface area contributed by atoms with Crippen LogP contribution in [0.25, 0.3) is 6.08 Å². The van der Waals surface area contributed by atoms with Crippen LogP contribution < -0.4 is 11.1 Å². The van der Waals surface area contributed by atoms with Crippen LogP contribution in [0.1, 0.15) is 51.0 Å². The first-order chi connectivity index (χ1) is 10.8. The third kappa shape index (κ3) is 6.07. The van der Waals surface area contributed by atoms with E-state index in [1.54, 1.807) is 5.57 Å². The highest BCUT2D eigenvalue weighted by Gasteiger charge is 2.39. The number of rotatable bonds is 6. The fourth-order valence-electron chi connectivity index (χ4n) is 3.78. The van der Waals surface area contributed by atoms with Crippen molar-refractivity contribution in [3.63, 3.8) is 0 Å². The largest absolute Gasteiger partial charge is 0.328 e. The molecule has 0 spiro atoms. The third-order valence-electron chi connectivity index (χ3n) is 5.39. The Kier molecular flexibility index (Phi) is 9.36. The molecule has 0 aliphatic heterocycles. The van der Waals surface area contributed by atoms with Crippen molar-refractivity contribution in [3.8, 4) is 0 Å². The molecule has 1 aromatic rings. The van der Waals surface area contributed by atoms with Crippen LogP contribution in [-0.4, -0.2) is 18.6 Å². The summed E-state index contributed by atoms with van der Waals surface area (Å²) in [4.78, 5) is 0.